The number of rotatable bonds is 34. The van der Waals surface area contributed by atoms with Gasteiger partial charge >= 0.3 is 12.0 Å². The fraction of sp³-hybridized carbons (Fsp3) is 0.829. The average molecular weight is 685 g/mol. The maximum absolute atomic E-state index is 12.3. The molecular formula is C35H64N4O9. The second-order valence-electron chi connectivity index (χ2n) is 12.4. The zero-order chi connectivity index (χ0) is 35.7. The van der Waals surface area contributed by atoms with Crippen molar-refractivity contribution in [2.24, 2.45) is 0 Å². The number of carbonyl (C=O) groups excluding carboxylic acids is 5. The third-order valence-corrected chi connectivity index (χ3v) is 7.65. The van der Waals surface area contributed by atoms with Crippen molar-refractivity contribution in [3.05, 3.63) is 0 Å². The maximum Gasteiger partial charge on any atom is 0.326 e. The summed E-state index contributed by atoms with van der Waals surface area (Å²) < 4.78 is 10.3. The van der Waals surface area contributed by atoms with Crippen molar-refractivity contribution in [3.63, 3.8) is 0 Å². The average Bonchev–Trinajstić information content (AvgIpc) is 3.03. The van der Waals surface area contributed by atoms with Gasteiger partial charge in [0, 0.05) is 38.9 Å². The lowest BCUT2D eigenvalue weighted by molar-refractivity contribution is -0.142. The van der Waals surface area contributed by atoms with Gasteiger partial charge in [0.25, 0.3) is 0 Å². The second-order valence-corrected chi connectivity index (χ2v) is 12.4. The quantitative estimate of drug-likeness (QED) is 0.0604. The minimum Gasteiger partial charge on any atom is -0.480 e. The van der Waals surface area contributed by atoms with Crippen molar-refractivity contribution in [1.29, 1.82) is 0 Å². The van der Waals surface area contributed by atoms with Crippen LogP contribution in [0, 0.1) is 0 Å². The van der Waals surface area contributed by atoms with Crippen molar-refractivity contribution < 1.29 is 43.3 Å². The molecule has 48 heavy (non-hydrogen) atoms. The predicted octanol–water partition coefficient (Wildman–Crippen LogP) is 4.59. The normalized spacial score (nSPS) is 11.5. The molecule has 0 aromatic carbocycles. The third-order valence-electron chi connectivity index (χ3n) is 7.65. The van der Waals surface area contributed by atoms with Crippen LogP contribution in [0.25, 0.3) is 0 Å². The molecule has 0 saturated carbocycles. The summed E-state index contributed by atoms with van der Waals surface area (Å²) in [6, 6.07) is -1.47. The van der Waals surface area contributed by atoms with Gasteiger partial charge < -0.3 is 40.6 Å². The van der Waals surface area contributed by atoms with Gasteiger partial charge in [-0.25, -0.2) is 9.59 Å². The van der Waals surface area contributed by atoms with Crippen LogP contribution in [-0.4, -0.2) is 92.6 Å². The van der Waals surface area contributed by atoms with Gasteiger partial charge in [-0.2, -0.15) is 0 Å². The van der Waals surface area contributed by atoms with Gasteiger partial charge in [0.1, 0.15) is 18.4 Å². The molecule has 0 bridgehead atoms. The molecule has 0 fully saturated rings. The maximum atomic E-state index is 12.3. The molecule has 1 atom stereocenters. The number of aliphatic carboxylic acids is 1. The summed E-state index contributed by atoms with van der Waals surface area (Å²) in [6.07, 6.45) is 17.5. The Kier molecular flexibility index (Phi) is 30.4. The van der Waals surface area contributed by atoms with E-state index in [4.69, 9.17) is 9.47 Å². The van der Waals surface area contributed by atoms with Crippen LogP contribution in [-0.2, 0) is 33.4 Å². The van der Waals surface area contributed by atoms with Gasteiger partial charge in [-0.15, -0.1) is 0 Å². The number of Topliss-reactive ketones (excluding diaryl/α,β-unsaturated/α-hetero) is 2. The third kappa shape index (κ3) is 32.9. The number of carboxylic acids is 1. The lowest BCUT2D eigenvalue weighted by Crippen LogP contribution is -2.41. The number of unbranched alkanes of at least 4 members (excludes halogenated alkanes) is 13. The summed E-state index contributed by atoms with van der Waals surface area (Å²) in [5.74, 6) is -1.56. The topological polar surface area (TPSA) is 189 Å². The first-order valence-electron chi connectivity index (χ1n) is 18.1. The first kappa shape index (κ1) is 44.9. The molecule has 0 aliphatic carbocycles. The fourth-order valence-corrected chi connectivity index (χ4v) is 4.92. The Labute approximate surface area is 287 Å². The summed E-state index contributed by atoms with van der Waals surface area (Å²) in [7, 11) is 0. The molecule has 5 N–H and O–H groups in total. The minimum absolute atomic E-state index is 0.000387. The minimum atomic E-state index is -1.16. The van der Waals surface area contributed by atoms with Gasteiger partial charge in [0.05, 0.1) is 19.8 Å². The molecule has 0 aliphatic heterocycles. The van der Waals surface area contributed by atoms with E-state index in [2.05, 4.69) is 21.3 Å². The predicted molar refractivity (Wildman–Crippen MR) is 185 cm³/mol. The Morgan fingerprint density at radius 1 is 0.521 bits per heavy atom. The van der Waals surface area contributed by atoms with Gasteiger partial charge in [-0.3, -0.25) is 14.4 Å². The summed E-state index contributed by atoms with van der Waals surface area (Å²) in [6.45, 7) is 5.05. The molecule has 0 aromatic heterocycles. The molecular weight excluding hydrogens is 620 g/mol. The monoisotopic (exact) mass is 684 g/mol. The van der Waals surface area contributed by atoms with Crippen molar-refractivity contribution in [2.45, 2.75) is 142 Å². The van der Waals surface area contributed by atoms with Crippen LogP contribution in [0.15, 0.2) is 0 Å². The SMILES string of the molecule is CC(=O)CCCCCCCCCCCCCCCCC(=O)N[C@@H](CCC(=O)NCCCNC(=O)NCCOCCOCC(C)=O)C(=O)O. The number of nitrogens with one attached hydrogen (secondary N) is 4. The number of carboxylic acid groups (broad SMARTS) is 1. The van der Waals surface area contributed by atoms with Gasteiger partial charge in [-0.05, 0) is 39.5 Å². The Bertz CT molecular complexity index is 901. The zero-order valence-corrected chi connectivity index (χ0v) is 29.7. The molecule has 0 radical (unpaired) electrons. The van der Waals surface area contributed by atoms with E-state index in [-0.39, 0.29) is 55.3 Å². The molecule has 13 heteroatoms. The molecule has 0 rings (SSSR count). The van der Waals surface area contributed by atoms with Crippen LogP contribution in [0.3, 0.4) is 0 Å². The van der Waals surface area contributed by atoms with Gasteiger partial charge in [0.2, 0.25) is 11.8 Å². The molecule has 0 aliphatic rings. The van der Waals surface area contributed by atoms with Crippen LogP contribution in [0.2, 0.25) is 0 Å². The summed E-state index contributed by atoms with van der Waals surface area (Å²) in [5.41, 5.74) is 0. The number of hydrogen-bond donors (Lipinski definition) is 5. The van der Waals surface area contributed by atoms with Gasteiger partial charge in [-0.1, -0.05) is 77.0 Å². The van der Waals surface area contributed by atoms with Crippen LogP contribution in [0.1, 0.15) is 136 Å². The van der Waals surface area contributed by atoms with Gasteiger partial charge in [0.15, 0.2) is 5.78 Å². The number of carbonyl (C=O) groups is 6. The van der Waals surface area contributed by atoms with Crippen molar-refractivity contribution in [3.8, 4) is 0 Å². The summed E-state index contributed by atoms with van der Waals surface area (Å²) in [4.78, 5) is 69.4. The van der Waals surface area contributed by atoms with E-state index in [1.54, 1.807) is 6.92 Å². The molecule has 0 aromatic rings. The summed E-state index contributed by atoms with van der Waals surface area (Å²) in [5, 5.41) is 20.0. The standard InChI is InChI=1S/C35H64N4O9/c1-29(40)18-15-13-11-9-7-5-3-4-6-8-10-12-14-16-19-33(43)39-31(34(44)45)20-21-32(42)36-22-17-23-37-35(46)38-24-25-47-26-27-48-28-30(2)41/h31H,3-28H2,1-2H3,(H,36,42)(H,39,43)(H,44,45)(H2,37,38,46)/t31-/m0/s1. The summed E-state index contributed by atoms with van der Waals surface area (Å²) >= 11 is 0. The van der Waals surface area contributed by atoms with E-state index < -0.39 is 12.0 Å². The highest BCUT2D eigenvalue weighted by Gasteiger charge is 2.20. The molecule has 278 valence electrons. The lowest BCUT2D eigenvalue weighted by Gasteiger charge is -2.14. The Morgan fingerprint density at radius 2 is 1.02 bits per heavy atom. The molecule has 0 saturated heterocycles. The van der Waals surface area contributed by atoms with Crippen LogP contribution < -0.4 is 21.3 Å². The first-order valence-corrected chi connectivity index (χ1v) is 18.1. The largest absolute Gasteiger partial charge is 0.480 e. The Hall–Kier alpha value is -3.06. The fourth-order valence-electron chi connectivity index (χ4n) is 4.92. The highest BCUT2D eigenvalue weighted by atomic mass is 16.5. The lowest BCUT2D eigenvalue weighted by atomic mass is 10.0. The van der Waals surface area contributed by atoms with Crippen LogP contribution in [0.4, 0.5) is 4.79 Å². The number of ketones is 2. The zero-order valence-electron chi connectivity index (χ0n) is 29.7. The Morgan fingerprint density at radius 3 is 1.56 bits per heavy atom. The Balaban J connectivity index is 3.70. The van der Waals surface area contributed by atoms with Crippen molar-refractivity contribution >= 4 is 35.4 Å². The van der Waals surface area contributed by atoms with E-state index in [1.165, 1.54) is 58.3 Å². The van der Waals surface area contributed by atoms with E-state index in [9.17, 15) is 33.9 Å². The van der Waals surface area contributed by atoms with E-state index in [1.807, 2.05) is 0 Å². The molecule has 13 nitrogen and oxygen atoms in total. The van der Waals surface area contributed by atoms with E-state index >= 15 is 0 Å². The second kappa shape index (κ2) is 32.5. The molecule has 0 spiro atoms. The number of ether oxygens (including phenoxy) is 2. The smallest absolute Gasteiger partial charge is 0.326 e. The molecule has 0 heterocycles. The molecule has 0 unspecified atom stereocenters. The van der Waals surface area contributed by atoms with Crippen LogP contribution >= 0.6 is 0 Å². The first-order chi connectivity index (χ1) is 23.1. The van der Waals surface area contributed by atoms with E-state index in [0.717, 1.165) is 38.5 Å². The number of amides is 4. The van der Waals surface area contributed by atoms with Crippen LogP contribution in [0.5, 0.6) is 0 Å². The number of hydrogen-bond acceptors (Lipinski definition) is 8. The van der Waals surface area contributed by atoms with Crippen molar-refractivity contribution in [2.75, 3.05) is 46.1 Å². The van der Waals surface area contributed by atoms with Crippen molar-refractivity contribution in [1.82, 2.24) is 21.3 Å². The highest BCUT2D eigenvalue weighted by molar-refractivity contribution is 5.84. The van der Waals surface area contributed by atoms with E-state index in [0.29, 0.717) is 52.3 Å². The highest BCUT2D eigenvalue weighted by Crippen LogP contribution is 2.14. The molecule has 4 amide bonds. The number of urea groups is 1.